The van der Waals surface area contributed by atoms with Gasteiger partial charge in [0.2, 0.25) is 0 Å². The fourth-order valence-electron chi connectivity index (χ4n) is 1.57. The van der Waals surface area contributed by atoms with Gasteiger partial charge in [-0.15, -0.1) is 0 Å². The predicted octanol–water partition coefficient (Wildman–Crippen LogP) is 1.29. The van der Waals surface area contributed by atoms with Gasteiger partial charge in [0.05, 0.1) is 18.1 Å². The molecule has 1 aromatic rings. The maximum Gasteiger partial charge on any atom is 0.266 e. The molecule has 19 heavy (non-hydrogen) atoms. The summed E-state index contributed by atoms with van der Waals surface area (Å²) in [7, 11) is 0. The van der Waals surface area contributed by atoms with E-state index in [2.05, 4.69) is 0 Å². The molecule has 1 amide bonds. The van der Waals surface area contributed by atoms with E-state index in [9.17, 15) is 15.0 Å². The first-order valence-corrected chi connectivity index (χ1v) is 6.63. The van der Waals surface area contributed by atoms with Crippen molar-refractivity contribution in [3.8, 4) is 11.5 Å². The van der Waals surface area contributed by atoms with Gasteiger partial charge in [-0.1, -0.05) is 30.0 Å². The Hall–Kier alpha value is -1.57. The van der Waals surface area contributed by atoms with Gasteiger partial charge in [-0.25, -0.2) is 0 Å². The molecule has 7 heteroatoms. The van der Waals surface area contributed by atoms with Gasteiger partial charge in [0, 0.05) is 0 Å². The second-order valence-electron chi connectivity index (χ2n) is 3.81. The number of rotatable bonds is 3. The lowest BCUT2D eigenvalue weighted by atomic mass is 10.2. The van der Waals surface area contributed by atoms with Crippen molar-refractivity contribution in [1.82, 2.24) is 4.90 Å². The number of benzene rings is 1. The number of hydrogen-bond donors (Lipinski definition) is 3. The van der Waals surface area contributed by atoms with Crippen molar-refractivity contribution in [2.75, 3.05) is 13.2 Å². The molecule has 0 spiro atoms. The summed E-state index contributed by atoms with van der Waals surface area (Å²) in [4.78, 5) is 13.7. The Morgan fingerprint density at radius 2 is 2.05 bits per heavy atom. The Bertz CT molecular complexity index is 571. The van der Waals surface area contributed by atoms with Gasteiger partial charge in [-0.2, -0.15) is 0 Å². The largest absolute Gasteiger partial charge is 0.504 e. The molecule has 3 N–H and O–H groups in total. The lowest BCUT2D eigenvalue weighted by Crippen LogP contribution is -2.30. The number of amides is 1. The fourth-order valence-corrected chi connectivity index (χ4v) is 2.88. The lowest BCUT2D eigenvalue weighted by Gasteiger charge is -2.11. The van der Waals surface area contributed by atoms with Crippen molar-refractivity contribution in [2.24, 2.45) is 0 Å². The normalized spacial score (nSPS) is 17.5. The zero-order chi connectivity index (χ0) is 14.0. The molecule has 1 aliphatic heterocycles. The Morgan fingerprint density at radius 3 is 2.68 bits per heavy atom. The van der Waals surface area contributed by atoms with Crippen LogP contribution in [0.1, 0.15) is 5.56 Å². The first-order valence-electron chi connectivity index (χ1n) is 5.41. The predicted molar refractivity (Wildman–Crippen MR) is 76.7 cm³/mol. The van der Waals surface area contributed by atoms with Gasteiger partial charge in [-0.05, 0) is 23.8 Å². The summed E-state index contributed by atoms with van der Waals surface area (Å²) in [5, 5.41) is 27.5. The Morgan fingerprint density at radius 1 is 1.32 bits per heavy atom. The maximum absolute atomic E-state index is 12.0. The molecule has 1 heterocycles. The van der Waals surface area contributed by atoms with Gasteiger partial charge >= 0.3 is 0 Å². The molecule has 5 nitrogen and oxygen atoms in total. The summed E-state index contributed by atoms with van der Waals surface area (Å²) in [5.74, 6) is -0.735. The number of thioether (sulfide) groups is 1. The highest BCUT2D eigenvalue weighted by Crippen LogP contribution is 2.33. The molecule has 0 radical (unpaired) electrons. The van der Waals surface area contributed by atoms with Crippen LogP contribution in [0.5, 0.6) is 11.5 Å². The van der Waals surface area contributed by atoms with Crippen molar-refractivity contribution >= 4 is 40.3 Å². The summed E-state index contributed by atoms with van der Waals surface area (Å²) in [6, 6.07) is 4.28. The van der Waals surface area contributed by atoms with E-state index in [0.29, 0.717) is 14.8 Å². The second kappa shape index (κ2) is 5.60. The molecular weight excluding hydrogens is 286 g/mol. The molecule has 0 unspecified atom stereocenters. The van der Waals surface area contributed by atoms with Crippen LogP contribution in [0.2, 0.25) is 0 Å². The number of phenolic OH excluding ortho intramolecular Hbond substituents is 2. The third kappa shape index (κ3) is 2.89. The first kappa shape index (κ1) is 13.9. The third-order valence-corrected chi connectivity index (χ3v) is 3.87. The Kier molecular flexibility index (Phi) is 4.08. The van der Waals surface area contributed by atoms with E-state index in [0.717, 1.165) is 11.8 Å². The summed E-state index contributed by atoms with van der Waals surface area (Å²) in [6.45, 7) is 0.0164. The number of carbonyl (C=O) groups excluding carboxylic acids is 1. The molecule has 1 fully saturated rings. The Balaban J connectivity index is 2.27. The van der Waals surface area contributed by atoms with Crippen LogP contribution in [-0.4, -0.2) is 43.6 Å². The SMILES string of the molecule is O=C1/C(=C/c2ccc(O)c(O)c2)SC(=S)N1CCO. The standard InChI is InChI=1S/C12H11NO4S2/c14-4-3-13-11(17)10(19-12(13)18)6-7-1-2-8(15)9(16)5-7/h1-2,5-6,14-16H,3-4H2/b10-6-. The topological polar surface area (TPSA) is 81.0 Å². The zero-order valence-electron chi connectivity index (χ0n) is 9.74. The summed E-state index contributed by atoms with van der Waals surface area (Å²) in [5.41, 5.74) is 0.583. The summed E-state index contributed by atoms with van der Waals surface area (Å²) in [6.07, 6.45) is 1.58. The van der Waals surface area contributed by atoms with Crippen LogP contribution in [0.15, 0.2) is 23.1 Å². The molecule has 100 valence electrons. The lowest BCUT2D eigenvalue weighted by molar-refractivity contribution is -0.122. The van der Waals surface area contributed by atoms with Crippen LogP contribution in [-0.2, 0) is 4.79 Å². The van der Waals surface area contributed by atoms with Crippen molar-refractivity contribution in [1.29, 1.82) is 0 Å². The molecule has 0 bridgehead atoms. The molecule has 0 aliphatic carbocycles. The molecule has 1 aliphatic rings. The third-order valence-electron chi connectivity index (χ3n) is 2.49. The van der Waals surface area contributed by atoms with Crippen molar-refractivity contribution in [2.45, 2.75) is 0 Å². The van der Waals surface area contributed by atoms with E-state index in [-0.39, 0.29) is 30.6 Å². The molecule has 1 saturated heterocycles. The number of thiocarbonyl (C=S) groups is 1. The van der Waals surface area contributed by atoms with E-state index in [1.807, 2.05) is 0 Å². The molecule has 0 aromatic heterocycles. The molecule has 1 aromatic carbocycles. The van der Waals surface area contributed by atoms with Crippen molar-refractivity contribution < 1.29 is 20.1 Å². The number of β-amino-alcohol motifs (C(OH)–C–C–N with tert-alkyl or cyclic N) is 1. The van der Waals surface area contributed by atoms with Crippen molar-refractivity contribution in [3.05, 3.63) is 28.7 Å². The minimum atomic E-state index is -0.267. The number of carbonyl (C=O) groups is 1. The van der Waals surface area contributed by atoms with E-state index >= 15 is 0 Å². The van der Waals surface area contributed by atoms with Crippen LogP contribution >= 0.6 is 24.0 Å². The number of aromatic hydroxyl groups is 2. The van der Waals surface area contributed by atoms with Crippen LogP contribution in [0.4, 0.5) is 0 Å². The number of aliphatic hydroxyl groups is 1. The number of hydrogen-bond acceptors (Lipinski definition) is 6. The van der Waals surface area contributed by atoms with E-state index in [1.165, 1.54) is 17.0 Å². The van der Waals surface area contributed by atoms with E-state index in [4.69, 9.17) is 17.3 Å². The molecular formula is C12H11NO4S2. The average molecular weight is 297 g/mol. The smallest absolute Gasteiger partial charge is 0.266 e. The minimum absolute atomic E-state index is 0.153. The summed E-state index contributed by atoms with van der Waals surface area (Å²) < 4.78 is 0.397. The van der Waals surface area contributed by atoms with Crippen molar-refractivity contribution in [3.63, 3.8) is 0 Å². The van der Waals surface area contributed by atoms with Gasteiger partial charge in [-0.3, -0.25) is 9.69 Å². The second-order valence-corrected chi connectivity index (χ2v) is 5.48. The minimum Gasteiger partial charge on any atom is -0.504 e. The van der Waals surface area contributed by atoms with Gasteiger partial charge in [0.15, 0.2) is 11.5 Å². The van der Waals surface area contributed by atoms with Crippen LogP contribution in [0, 0.1) is 0 Å². The fraction of sp³-hybridized carbons (Fsp3) is 0.167. The van der Waals surface area contributed by atoms with Crippen LogP contribution < -0.4 is 0 Å². The number of aliphatic hydroxyl groups excluding tert-OH is 1. The highest BCUT2D eigenvalue weighted by Gasteiger charge is 2.31. The van der Waals surface area contributed by atoms with Gasteiger partial charge in [0.25, 0.3) is 5.91 Å². The zero-order valence-corrected chi connectivity index (χ0v) is 11.4. The van der Waals surface area contributed by atoms with Gasteiger partial charge < -0.3 is 15.3 Å². The quantitative estimate of drug-likeness (QED) is 0.443. The average Bonchev–Trinajstić information content (AvgIpc) is 2.62. The van der Waals surface area contributed by atoms with Gasteiger partial charge in [0.1, 0.15) is 4.32 Å². The van der Waals surface area contributed by atoms with Crippen LogP contribution in [0.3, 0.4) is 0 Å². The molecule has 0 saturated carbocycles. The molecule has 0 atom stereocenters. The highest BCUT2D eigenvalue weighted by molar-refractivity contribution is 8.26. The number of nitrogens with zero attached hydrogens (tertiary/aromatic N) is 1. The van der Waals surface area contributed by atoms with E-state index in [1.54, 1.807) is 12.1 Å². The summed E-state index contributed by atoms with van der Waals surface area (Å²) >= 11 is 6.19. The van der Waals surface area contributed by atoms with E-state index < -0.39 is 0 Å². The number of phenols is 2. The first-order chi connectivity index (χ1) is 9.02. The maximum atomic E-state index is 12.0. The van der Waals surface area contributed by atoms with Crippen LogP contribution in [0.25, 0.3) is 6.08 Å². The molecule has 2 rings (SSSR count). The monoisotopic (exact) mass is 297 g/mol. The highest BCUT2D eigenvalue weighted by atomic mass is 32.2. The Labute approximate surface area is 119 Å².